The van der Waals surface area contributed by atoms with Gasteiger partial charge in [0.05, 0.1) is 56.2 Å². The fourth-order valence-corrected chi connectivity index (χ4v) is 7.63. The van der Waals surface area contributed by atoms with Crippen molar-refractivity contribution < 1.29 is 47.8 Å². The number of rotatable bonds is 38. The summed E-state index contributed by atoms with van der Waals surface area (Å²) < 4.78 is 40.6. The van der Waals surface area contributed by atoms with Crippen LogP contribution in [-0.2, 0) is 27.0 Å². The first-order valence-electron chi connectivity index (χ1n) is 22.4. The molecule has 14 heteroatoms. The molecule has 1 amide bonds. The number of carbonyl (C=O) groups is 1. The smallest absolute Gasteiger partial charge is 0.407 e. The molecule has 0 aliphatic rings. The van der Waals surface area contributed by atoms with Gasteiger partial charge in [-0.2, -0.15) is 0 Å². The van der Waals surface area contributed by atoms with Crippen LogP contribution in [-0.4, -0.2) is 71.7 Å². The third kappa shape index (κ3) is 25.1. The Balaban J connectivity index is 2.02. The maximum absolute atomic E-state index is 12.1. The van der Waals surface area contributed by atoms with Crippen molar-refractivity contribution >= 4 is 19.4 Å². The van der Waals surface area contributed by atoms with E-state index in [-0.39, 0.29) is 56.9 Å². The van der Waals surface area contributed by atoms with Gasteiger partial charge in [0.1, 0.15) is 23.9 Å². The average molecular weight is 851 g/mol. The third-order valence-electron chi connectivity index (χ3n) is 10.1. The van der Waals surface area contributed by atoms with Crippen LogP contribution in [0.4, 0.5) is 10.5 Å². The van der Waals surface area contributed by atoms with Crippen LogP contribution < -0.4 is 14.2 Å². The molecule has 0 fully saturated rings. The molecule has 0 bridgehead atoms. The zero-order chi connectivity index (χ0) is 43.0. The Labute approximate surface area is 354 Å². The van der Waals surface area contributed by atoms with Crippen LogP contribution in [0.5, 0.6) is 17.2 Å². The molecule has 2 aromatic carbocycles. The zero-order valence-corrected chi connectivity index (χ0v) is 37.3. The number of hydrogen-bond donors (Lipinski definition) is 2. The molecule has 13 nitrogen and oxygen atoms in total. The number of amides is 1. The SMILES string of the molecule is CCCCCCCCCCCCOc1cc(COc2ccc([N+](=O)[O-])c(CN(CCOCCP(=O)(O)OCC)C(=O)O)c2)cc(OCCCCCCCCCCCC)c1. The van der Waals surface area contributed by atoms with E-state index in [1.807, 2.05) is 18.2 Å². The molecule has 0 saturated carbocycles. The number of hydrogen-bond acceptors (Lipinski definition) is 9. The summed E-state index contributed by atoms with van der Waals surface area (Å²) in [6, 6.07) is 10.0. The molecule has 0 radical (unpaired) electrons. The van der Waals surface area contributed by atoms with Gasteiger partial charge in [-0.25, -0.2) is 4.79 Å². The van der Waals surface area contributed by atoms with Crippen LogP contribution in [0, 0.1) is 10.1 Å². The monoisotopic (exact) mass is 851 g/mol. The molecule has 1 atom stereocenters. The van der Waals surface area contributed by atoms with E-state index in [4.69, 9.17) is 23.5 Å². The molecule has 336 valence electrons. The third-order valence-corrected chi connectivity index (χ3v) is 11.5. The molecule has 1 unspecified atom stereocenters. The van der Waals surface area contributed by atoms with Crippen LogP contribution in [0.25, 0.3) is 0 Å². The van der Waals surface area contributed by atoms with Crippen molar-refractivity contribution in [2.75, 3.05) is 45.7 Å². The maximum Gasteiger partial charge on any atom is 0.407 e. The lowest BCUT2D eigenvalue weighted by Gasteiger charge is -2.20. The minimum Gasteiger partial charge on any atom is -0.493 e. The summed E-state index contributed by atoms with van der Waals surface area (Å²) in [6.07, 6.45) is 23.4. The van der Waals surface area contributed by atoms with Crippen LogP contribution in [0.3, 0.4) is 0 Å². The van der Waals surface area contributed by atoms with E-state index in [0.717, 1.165) is 36.1 Å². The van der Waals surface area contributed by atoms with Gasteiger partial charge in [-0.1, -0.05) is 129 Å². The minimum absolute atomic E-state index is 0.0797. The molecule has 0 saturated heterocycles. The van der Waals surface area contributed by atoms with E-state index in [0.29, 0.717) is 30.5 Å². The molecular weight excluding hydrogens is 775 g/mol. The molecule has 0 aromatic heterocycles. The molecule has 59 heavy (non-hydrogen) atoms. The summed E-state index contributed by atoms with van der Waals surface area (Å²) in [6.45, 7) is 6.92. The second-order valence-electron chi connectivity index (χ2n) is 15.3. The largest absolute Gasteiger partial charge is 0.493 e. The van der Waals surface area contributed by atoms with Crippen molar-refractivity contribution in [1.82, 2.24) is 4.90 Å². The molecule has 0 aliphatic carbocycles. The summed E-state index contributed by atoms with van der Waals surface area (Å²) in [5.74, 6) is 1.73. The average Bonchev–Trinajstić information content (AvgIpc) is 3.20. The van der Waals surface area contributed by atoms with Crippen molar-refractivity contribution in [3.63, 3.8) is 0 Å². The van der Waals surface area contributed by atoms with Gasteiger partial charge in [0.25, 0.3) is 5.69 Å². The predicted octanol–water partition coefficient (Wildman–Crippen LogP) is 12.5. The van der Waals surface area contributed by atoms with Gasteiger partial charge in [-0.05, 0) is 49.6 Å². The van der Waals surface area contributed by atoms with E-state index < -0.39 is 18.6 Å². The molecule has 0 spiro atoms. The number of unbranched alkanes of at least 4 members (excludes halogenated alkanes) is 18. The quantitative estimate of drug-likeness (QED) is 0.0285. The number of carboxylic acid groups (broad SMARTS) is 1. The van der Waals surface area contributed by atoms with Gasteiger partial charge in [0.2, 0.25) is 0 Å². The van der Waals surface area contributed by atoms with Gasteiger partial charge in [-0.15, -0.1) is 0 Å². The number of nitro benzene ring substituents is 1. The predicted molar refractivity (Wildman–Crippen MR) is 234 cm³/mol. The van der Waals surface area contributed by atoms with E-state index in [2.05, 4.69) is 13.8 Å². The Kier molecular flexibility index (Phi) is 28.4. The van der Waals surface area contributed by atoms with E-state index >= 15 is 0 Å². The number of nitrogens with zero attached hydrogens (tertiary/aromatic N) is 2. The van der Waals surface area contributed by atoms with Crippen LogP contribution >= 0.6 is 7.60 Å². The van der Waals surface area contributed by atoms with Crippen molar-refractivity contribution in [3.05, 3.63) is 57.6 Å². The van der Waals surface area contributed by atoms with E-state index in [9.17, 15) is 29.5 Å². The fraction of sp³-hybridized carbons (Fsp3) is 0.711. The topological polar surface area (TPSA) is 167 Å². The Morgan fingerprint density at radius 1 is 0.678 bits per heavy atom. The Morgan fingerprint density at radius 2 is 1.19 bits per heavy atom. The molecular formula is C45H75N2O11P. The Bertz CT molecular complexity index is 1430. The van der Waals surface area contributed by atoms with Crippen molar-refractivity contribution in [2.24, 2.45) is 0 Å². The maximum atomic E-state index is 12.1. The Morgan fingerprint density at radius 3 is 1.66 bits per heavy atom. The molecule has 2 rings (SSSR count). The minimum atomic E-state index is -3.78. The summed E-state index contributed by atoms with van der Waals surface area (Å²) in [4.78, 5) is 34.1. The molecule has 0 aliphatic heterocycles. The first-order valence-corrected chi connectivity index (χ1v) is 24.2. The first-order chi connectivity index (χ1) is 28.6. The lowest BCUT2D eigenvalue weighted by molar-refractivity contribution is -0.385. The van der Waals surface area contributed by atoms with Gasteiger partial charge in [-0.3, -0.25) is 14.7 Å². The highest BCUT2D eigenvalue weighted by Crippen LogP contribution is 2.41. The lowest BCUT2D eigenvalue weighted by atomic mass is 10.1. The van der Waals surface area contributed by atoms with E-state index in [1.165, 1.54) is 121 Å². The second-order valence-corrected chi connectivity index (χ2v) is 17.3. The highest BCUT2D eigenvalue weighted by molar-refractivity contribution is 7.52. The number of benzene rings is 2. The molecule has 0 heterocycles. The second kappa shape index (κ2) is 32.4. The van der Waals surface area contributed by atoms with Gasteiger partial charge in [0.15, 0.2) is 0 Å². The normalized spacial score (nSPS) is 12.3. The van der Waals surface area contributed by atoms with Crippen molar-refractivity contribution in [1.29, 1.82) is 0 Å². The highest BCUT2D eigenvalue weighted by Gasteiger charge is 2.22. The summed E-state index contributed by atoms with van der Waals surface area (Å²) >= 11 is 0. The fourth-order valence-electron chi connectivity index (χ4n) is 6.73. The van der Waals surface area contributed by atoms with Gasteiger partial charge >= 0.3 is 13.7 Å². The summed E-state index contributed by atoms with van der Waals surface area (Å²) in [7, 11) is -3.78. The van der Waals surface area contributed by atoms with Crippen LogP contribution in [0.15, 0.2) is 36.4 Å². The standard InChI is InChI=1S/C45H75N2O11P/c1-4-7-9-11-13-15-17-19-21-23-28-55-42-33-39(34-43(36-42)56-29-24-22-20-18-16-14-12-10-8-5-2)38-57-41-25-26-44(47(50)51)40(35-41)37-46(45(48)49)27-30-54-31-32-59(52,53)58-6-3/h25-26,33-36H,4-24,27-32,37-38H2,1-3H3,(H,48,49)(H,52,53). The zero-order valence-electron chi connectivity index (χ0n) is 36.4. The first kappa shape index (κ1) is 51.8. The van der Waals surface area contributed by atoms with E-state index in [1.54, 1.807) is 6.92 Å². The molecule has 2 aromatic rings. The lowest BCUT2D eigenvalue weighted by Crippen LogP contribution is -2.32. The van der Waals surface area contributed by atoms with Crippen LogP contribution in [0.1, 0.15) is 160 Å². The number of ether oxygens (including phenoxy) is 4. The summed E-state index contributed by atoms with van der Waals surface area (Å²) in [5.41, 5.74) is 0.720. The van der Waals surface area contributed by atoms with Gasteiger partial charge in [0, 0.05) is 18.7 Å². The summed E-state index contributed by atoms with van der Waals surface area (Å²) in [5, 5.41) is 21.8. The van der Waals surface area contributed by atoms with Crippen molar-refractivity contribution in [3.8, 4) is 17.2 Å². The Hall–Kier alpha value is -3.38. The van der Waals surface area contributed by atoms with Crippen LogP contribution in [0.2, 0.25) is 0 Å². The van der Waals surface area contributed by atoms with Crippen molar-refractivity contribution in [2.45, 2.75) is 162 Å². The molecule has 2 N–H and O–H groups in total. The number of nitro groups is 1. The van der Waals surface area contributed by atoms with Gasteiger partial charge < -0.3 is 38.4 Å². The highest BCUT2D eigenvalue weighted by atomic mass is 31.2.